The van der Waals surface area contributed by atoms with Gasteiger partial charge in [-0.1, -0.05) is 42.3 Å². The Morgan fingerprint density at radius 1 is 1.29 bits per heavy atom. The molecule has 1 heterocycles. The summed E-state index contributed by atoms with van der Waals surface area (Å²) in [4.78, 5) is 0. The molecule has 2 aromatic rings. The second-order valence-electron chi connectivity index (χ2n) is 5.64. The van der Waals surface area contributed by atoms with Gasteiger partial charge in [0, 0.05) is 19.5 Å². The molecule has 1 aromatic carbocycles. The highest BCUT2D eigenvalue weighted by atomic mass is 35.5. The van der Waals surface area contributed by atoms with Gasteiger partial charge in [-0.3, -0.25) is 4.68 Å². The van der Waals surface area contributed by atoms with Crippen LogP contribution >= 0.6 is 11.6 Å². The topological polar surface area (TPSA) is 29.9 Å². The molecule has 2 rings (SSSR count). The van der Waals surface area contributed by atoms with Crippen LogP contribution in [0.3, 0.4) is 0 Å². The molecule has 0 amide bonds. The number of hydrogen-bond donors (Lipinski definition) is 1. The number of nitrogens with zero attached hydrogens (tertiary/aromatic N) is 2. The SMILES string of the molecule is CCNC(Cc1c(Cl)c(C)nn1C)c1ccc(C)cc1C. The Labute approximate surface area is 132 Å². The Morgan fingerprint density at radius 2 is 2.00 bits per heavy atom. The van der Waals surface area contributed by atoms with Crippen LogP contribution < -0.4 is 5.32 Å². The molecule has 1 unspecified atom stereocenters. The third-order valence-corrected chi connectivity index (χ3v) is 4.40. The largest absolute Gasteiger partial charge is 0.310 e. The van der Waals surface area contributed by atoms with Crippen LogP contribution in [0, 0.1) is 20.8 Å². The van der Waals surface area contributed by atoms with Gasteiger partial charge >= 0.3 is 0 Å². The van der Waals surface area contributed by atoms with Crippen LogP contribution in [0.2, 0.25) is 5.02 Å². The van der Waals surface area contributed by atoms with E-state index in [4.69, 9.17) is 11.6 Å². The highest BCUT2D eigenvalue weighted by molar-refractivity contribution is 6.31. The Morgan fingerprint density at radius 3 is 2.52 bits per heavy atom. The second kappa shape index (κ2) is 6.63. The molecule has 0 bridgehead atoms. The van der Waals surface area contributed by atoms with Crippen molar-refractivity contribution in [3.8, 4) is 0 Å². The quantitative estimate of drug-likeness (QED) is 0.908. The van der Waals surface area contributed by atoms with E-state index in [0.29, 0.717) is 0 Å². The first-order valence-electron chi connectivity index (χ1n) is 7.42. The predicted molar refractivity (Wildman–Crippen MR) is 89.0 cm³/mol. The van der Waals surface area contributed by atoms with E-state index in [1.54, 1.807) is 0 Å². The van der Waals surface area contributed by atoms with E-state index in [1.165, 1.54) is 16.7 Å². The zero-order valence-corrected chi connectivity index (χ0v) is 14.3. The fraction of sp³-hybridized carbons (Fsp3) is 0.471. The number of nitrogens with one attached hydrogen (secondary N) is 1. The van der Waals surface area contributed by atoms with Gasteiger partial charge < -0.3 is 5.32 Å². The minimum atomic E-state index is 0.253. The third kappa shape index (κ3) is 3.47. The van der Waals surface area contributed by atoms with Crippen LogP contribution in [-0.2, 0) is 13.5 Å². The van der Waals surface area contributed by atoms with Crippen molar-refractivity contribution in [1.29, 1.82) is 0 Å². The van der Waals surface area contributed by atoms with Crippen molar-refractivity contribution in [3.05, 3.63) is 51.3 Å². The van der Waals surface area contributed by atoms with Gasteiger partial charge in [0.25, 0.3) is 0 Å². The molecule has 0 spiro atoms. The molecule has 0 saturated carbocycles. The molecule has 0 fully saturated rings. The number of hydrogen-bond acceptors (Lipinski definition) is 2. The van der Waals surface area contributed by atoms with Crippen molar-refractivity contribution in [3.63, 3.8) is 0 Å². The molecule has 21 heavy (non-hydrogen) atoms. The summed E-state index contributed by atoms with van der Waals surface area (Å²) in [5.41, 5.74) is 5.92. The number of likely N-dealkylation sites (N-methyl/N-ethyl adjacent to an activating group) is 1. The van der Waals surface area contributed by atoms with E-state index in [0.717, 1.165) is 29.4 Å². The Hall–Kier alpha value is -1.32. The zero-order chi connectivity index (χ0) is 15.6. The van der Waals surface area contributed by atoms with Crippen molar-refractivity contribution in [2.24, 2.45) is 7.05 Å². The maximum atomic E-state index is 6.40. The zero-order valence-electron chi connectivity index (χ0n) is 13.5. The van der Waals surface area contributed by atoms with Crippen molar-refractivity contribution in [2.75, 3.05) is 6.54 Å². The highest BCUT2D eigenvalue weighted by Crippen LogP contribution is 2.27. The molecule has 3 nitrogen and oxygen atoms in total. The lowest BCUT2D eigenvalue weighted by Crippen LogP contribution is -2.24. The molecular weight excluding hydrogens is 282 g/mol. The lowest BCUT2D eigenvalue weighted by Gasteiger charge is -2.21. The van der Waals surface area contributed by atoms with Gasteiger partial charge in [-0.25, -0.2) is 0 Å². The summed E-state index contributed by atoms with van der Waals surface area (Å²) in [6.07, 6.45) is 0.841. The first kappa shape index (κ1) is 16.1. The second-order valence-corrected chi connectivity index (χ2v) is 6.02. The summed E-state index contributed by atoms with van der Waals surface area (Å²) in [7, 11) is 1.96. The number of benzene rings is 1. The summed E-state index contributed by atoms with van der Waals surface area (Å²) in [6, 6.07) is 6.87. The maximum Gasteiger partial charge on any atom is 0.0847 e. The third-order valence-electron chi connectivity index (χ3n) is 3.91. The lowest BCUT2D eigenvalue weighted by molar-refractivity contribution is 0.526. The van der Waals surface area contributed by atoms with E-state index >= 15 is 0 Å². The summed E-state index contributed by atoms with van der Waals surface area (Å²) in [6.45, 7) is 9.30. The molecule has 1 atom stereocenters. The number of aromatic nitrogens is 2. The Kier molecular flexibility index (Phi) is 5.07. The molecule has 4 heteroatoms. The minimum absolute atomic E-state index is 0.253. The minimum Gasteiger partial charge on any atom is -0.310 e. The summed E-state index contributed by atoms with van der Waals surface area (Å²) in [5, 5.41) is 8.77. The molecular formula is C17H24ClN3. The fourth-order valence-corrected chi connectivity index (χ4v) is 3.09. The van der Waals surface area contributed by atoms with Gasteiger partial charge in [0.1, 0.15) is 0 Å². The number of aryl methyl sites for hydroxylation is 4. The predicted octanol–water partition coefficient (Wildman–Crippen LogP) is 3.89. The molecule has 0 aliphatic rings. The monoisotopic (exact) mass is 305 g/mol. The van der Waals surface area contributed by atoms with Gasteiger partial charge in [-0.2, -0.15) is 5.10 Å². The van der Waals surface area contributed by atoms with Crippen LogP contribution in [0.25, 0.3) is 0 Å². The smallest absolute Gasteiger partial charge is 0.0847 e. The average molecular weight is 306 g/mol. The van der Waals surface area contributed by atoms with E-state index < -0.39 is 0 Å². The molecule has 0 aliphatic heterocycles. The van der Waals surface area contributed by atoms with Crippen molar-refractivity contribution >= 4 is 11.6 Å². The van der Waals surface area contributed by atoms with Crippen LogP contribution in [0.1, 0.15) is 41.0 Å². The summed E-state index contributed by atoms with van der Waals surface area (Å²) in [5.74, 6) is 0. The molecule has 0 saturated heterocycles. The first-order chi connectivity index (χ1) is 9.93. The van der Waals surface area contributed by atoms with Crippen molar-refractivity contribution in [1.82, 2.24) is 15.1 Å². The molecule has 0 aliphatic carbocycles. The molecule has 114 valence electrons. The Bertz CT molecular complexity index is 631. The van der Waals surface area contributed by atoms with Gasteiger partial charge in [0.2, 0.25) is 0 Å². The highest BCUT2D eigenvalue weighted by Gasteiger charge is 2.19. The lowest BCUT2D eigenvalue weighted by atomic mass is 9.96. The average Bonchev–Trinajstić information content (AvgIpc) is 2.65. The summed E-state index contributed by atoms with van der Waals surface area (Å²) >= 11 is 6.40. The van der Waals surface area contributed by atoms with Gasteiger partial charge in [-0.05, 0) is 38.4 Å². The van der Waals surface area contributed by atoms with Crippen LogP contribution in [-0.4, -0.2) is 16.3 Å². The normalized spacial score (nSPS) is 12.7. The number of rotatable bonds is 5. The first-order valence-corrected chi connectivity index (χ1v) is 7.80. The van der Waals surface area contributed by atoms with Gasteiger partial charge in [-0.15, -0.1) is 0 Å². The van der Waals surface area contributed by atoms with Crippen LogP contribution in [0.15, 0.2) is 18.2 Å². The molecule has 1 N–H and O–H groups in total. The van der Waals surface area contributed by atoms with Crippen molar-refractivity contribution in [2.45, 2.75) is 40.2 Å². The van der Waals surface area contributed by atoms with Gasteiger partial charge in [0.15, 0.2) is 0 Å². The van der Waals surface area contributed by atoms with Gasteiger partial charge in [0.05, 0.1) is 16.4 Å². The molecule has 1 aromatic heterocycles. The maximum absolute atomic E-state index is 6.40. The molecule has 0 radical (unpaired) electrons. The van der Waals surface area contributed by atoms with Crippen molar-refractivity contribution < 1.29 is 0 Å². The van der Waals surface area contributed by atoms with Crippen LogP contribution in [0.4, 0.5) is 0 Å². The Balaban J connectivity index is 2.35. The fourth-order valence-electron chi connectivity index (χ4n) is 2.85. The summed E-state index contributed by atoms with van der Waals surface area (Å²) < 4.78 is 1.89. The van der Waals surface area contributed by atoms with Crippen LogP contribution in [0.5, 0.6) is 0 Å². The van der Waals surface area contributed by atoms with E-state index in [2.05, 4.69) is 49.4 Å². The standard InChI is InChI=1S/C17H24ClN3/c1-6-19-15(14-8-7-11(2)9-12(14)3)10-16-17(18)13(4)20-21(16)5/h7-9,15,19H,6,10H2,1-5H3. The van der Waals surface area contributed by atoms with E-state index in [-0.39, 0.29) is 6.04 Å². The van der Waals surface area contributed by atoms with E-state index in [9.17, 15) is 0 Å². The van der Waals surface area contributed by atoms with E-state index in [1.807, 2.05) is 18.7 Å². The number of halogens is 1.